The second-order valence-corrected chi connectivity index (χ2v) is 4.82. The lowest BCUT2D eigenvalue weighted by Gasteiger charge is -2.18. The second-order valence-electron chi connectivity index (χ2n) is 4.82. The van der Waals surface area contributed by atoms with Crippen molar-refractivity contribution in [1.29, 1.82) is 0 Å². The molecule has 0 radical (unpaired) electrons. The molecule has 0 aromatic heterocycles. The molecular weight excluding hydrogens is 268 g/mol. The van der Waals surface area contributed by atoms with Gasteiger partial charge in [0, 0.05) is 24.2 Å². The molecule has 0 spiro atoms. The van der Waals surface area contributed by atoms with Crippen LogP contribution >= 0.6 is 0 Å². The number of carbonyl (C=O) groups excluding carboxylic acids is 2. The molecule has 0 aliphatic carbocycles. The number of benzene rings is 1. The van der Waals surface area contributed by atoms with Gasteiger partial charge in [-0.1, -0.05) is 6.92 Å². The van der Waals surface area contributed by atoms with Crippen molar-refractivity contribution in [2.24, 2.45) is 0 Å². The summed E-state index contributed by atoms with van der Waals surface area (Å²) in [6, 6.07) is 6.35. The van der Waals surface area contributed by atoms with E-state index in [0.717, 1.165) is 0 Å². The highest BCUT2D eigenvalue weighted by atomic mass is 16.3. The maximum absolute atomic E-state index is 12.2. The van der Waals surface area contributed by atoms with Crippen LogP contribution in [-0.4, -0.2) is 47.6 Å². The first kappa shape index (κ1) is 17.2. The third-order valence-electron chi connectivity index (χ3n) is 3.49. The van der Waals surface area contributed by atoms with Gasteiger partial charge in [-0.25, -0.2) is 0 Å². The quantitative estimate of drug-likeness (QED) is 0.803. The molecule has 5 nitrogen and oxygen atoms in total. The molecule has 0 fully saturated rings. The van der Waals surface area contributed by atoms with E-state index in [4.69, 9.17) is 5.11 Å². The number of nitrogens with zero attached hydrogens (tertiary/aromatic N) is 1. The highest BCUT2D eigenvalue weighted by Gasteiger charge is 2.14. The van der Waals surface area contributed by atoms with Gasteiger partial charge in [-0.15, -0.1) is 0 Å². The van der Waals surface area contributed by atoms with Gasteiger partial charge in [0.05, 0.1) is 12.6 Å². The number of aliphatic hydroxyl groups is 1. The zero-order valence-electron chi connectivity index (χ0n) is 12.9. The molecule has 0 aliphatic heterocycles. The topological polar surface area (TPSA) is 69.6 Å². The Morgan fingerprint density at radius 2 is 1.62 bits per heavy atom. The summed E-state index contributed by atoms with van der Waals surface area (Å²) in [4.78, 5) is 25.9. The van der Waals surface area contributed by atoms with Crippen LogP contribution in [0.3, 0.4) is 0 Å². The van der Waals surface area contributed by atoms with E-state index in [2.05, 4.69) is 5.32 Å². The van der Waals surface area contributed by atoms with Crippen LogP contribution in [0.4, 0.5) is 0 Å². The molecule has 2 N–H and O–H groups in total. The van der Waals surface area contributed by atoms with E-state index in [9.17, 15) is 9.59 Å². The van der Waals surface area contributed by atoms with Gasteiger partial charge in [0.1, 0.15) is 0 Å². The third kappa shape index (κ3) is 4.56. The highest BCUT2D eigenvalue weighted by Crippen LogP contribution is 2.08. The van der Waals surface area contributed by atoms with Crippen LogP contribution in [0.1, 0.15) is 47.9 Å². The first-order chi connectivity index (χ1) is 10.1. The van der Waals surface area contributed by atoms with Crippen molar-refractivity contribution in [1.82, 2.24) is 10.2 Å². The molecule has 5 heteroatoms. The van der Waals surface area contributed by atoms with Gasteiger partial charge in [0.2, 0.25) is 0 Å². The zero-order chi connectivity index (χ0) is 15.8. The van der Waals surface area contributed by atoms with Crippen LogP contribution in [0, 0.1) is 0 Å². The Bertz CT molecular complexity index is 463. The lowest BCUT2D eigenvalue weighted by atomic mass is 10.1. The third-order valence-corrected chi connectivity index (χ3v) is 3.49. The van der Waals surface area contributed by atoms with Gasteiger partial charge in [-0.3, -0.25) is 9.59 Å². The monoisotopic (exact) mass is 292 g/mol. The van der Waals surface area contributed by atoms with E-state index in [1.807, 2.05) is 20.8 Å². The van der Waals surface area contributed by atoms with Crippen molar-refractivity contribution >= 4 is 11.8 Å². The van der Waals surface area contributed by atoms with Crippen molar-refractivity contribution in [2.45, 2.75) is 33.2 Å². The van der Waals surface area contributed by atoms with Gasteiger partial charge in [-0.2, -0.15) is 0 Å². The molecule has 1 atom stereocenters. The molecule has 0 aliphatic rings. The lowest BCUT2D eigenvalue weighted by molar-refractivity contribution is 0.0772. The van der Waals surface area contributed by atoms with Gasteiger partial charge in [0.25, 0.3) is 11.8 Å². The molecule has 1 unspecified atom stereocenters. The van der Waals surface area contributed by atoms with E-state index in [-0.39, 0.29) is 24.5 Å². The predicted octanol–water partition coefficient (Wildman–Crippen LogP) is 1.67. The summed E-state index contributed by atoms with van der Waals surface area (Å²) >= 11 is 0. The Labute approximate surface area is 126 Å². The minimum atomic E-state index is -0.241. The highest BCUT2D eigenvalue weighted by molar-refractivity contribution is 5.97. The van der Waals surface area contributed by atoms with Crippen LogP contribution in [0.5, 0.6) is 0 Å². The SMILES string of the molecule is CCC(CO)NC(=O)c1ccc(C(=O)N(CC)CC)cc1. The first-order valence-corrected chi connectivity index (χ1v) is 7.38. The summed E-state index contributed by atoms with van der Waals surface area (Å²) in [6.45, 7) is 7.00. The van der Waals surface area contributed by atoms with Crippen molar-refractivity contribution < 1.29 is 14.7 Å². The Kier molecular flexibility index (Phi) is 6.88. The van der Waals surface area contributed by atoms with Crippen LogP contribution in [0.25, 0.3) is 0 Å². The summed E-state index contributed by atoms with van der Waals surface area (Å²) in [5.74, 6) is -0.272. The van der Waals surface area contributed by atoms with Gasteiger partial charge < -0.3 is 15.3 Å². The van der Waals surface area contributed by atoms with Crippen molar-refractivity contribution in [3.8, 4) is 0 Å². The Morgan fingerprint density at radius 1 is 1.10 bits per heavy atom. The average molecular weight is 292 g/mol. The maximum Gasteiger partial charge on any atom is 0.253 e. The average Bonchev–Trinajstić information content (AvgIpc) is 2.53. The van der Waals surface area contributed by atoms with Gasteiger partial charge >= 0.3 is 0 Å². The molecule has 0 bridgehead atoms. The number of rotatable bonds is 7. The minimum absolute atomic E-state index is 0.0336. The van der Waals surface area contributed by atoms with Crippen molar-refractivity contribution in [3.05, 3.63) is 35.4 Å². The molecule has 1 rings (SSSR count). The second kappa shape index (κ2) is 8.42. The van der Waals surface area contributed by atoms with Gasteiger partial charge in [-0.05, 0) is 44.5 Å². The van der Waals surface area contributed by atoms with Gasteiger partial charge in [0.15, 0.2) is 0 Å². The standard InChI is InChI=1S/C16H24N2O3/c1-4-14(11-19)17-15(20)12-7-9-13(10-8-12)16(21)18(5-2)6-3/h7-10,14,19H,4-6,11H2,1-3H3,(H,17,20). The minimum Gasteiger partial charge on any atom is -0.394 e. The zero-order valence-corrected chi connectivity index (χ0v) is 12.9. The molecule has 116 valence electrons. The Hall–Kier alpha value is -1.88. The number of hydrogen-bond acceptors (Lipinski definition) is 3. The fraction of sp³-hybridized carbons (Fsp3) is 0.500. The molecule has 21 heavy (non-hydrogen) atoms. The molecule has 1 aromatic rings. The van der Waals surface area contributed by atoms with E-state index < -0.39 is 0 Å². The van der Waals surface area contributed by atoms with E-state index in [0.29, 0.717) is 30.6 Å². The largest absolute Gasteiger partial charge is 0.394 e. The van der Waals surface area contributed by atoms with E-state index >= 15 is 0 Å². The number of amides is 2. The summed E-state index contributed by atoms with van der Waals surface area (Å²) in [7, 11) is 0. The number of carbonyl (C=O) groups is 2. The molecule has 0 saturated carbocycles. The number of hydrogen-bond donors (Lipinski definition) is 2. The van der Waals surface area contributed by atoms with Crippen LogP contribution < -0.4 is 5.32 Å². The van der Waals surface area contributed by atoms with Crippen LogP contribution in [0.15, 0.2) is 24.3 Å². The van der Waals surface area contributed by atoms with Crippen molar-refractivity contribution in [3.63, 3.8) is 0 Å². The molecule has 1 aromatic carbocycles. The van der Waals surface area contributed by atoms with E-state index in [1.165, 1.54) is 0 Å². The maximum atomic E-state index is 12.2. The fourth-order valence-corrected chi connectivity index (χ4v) is 2.00. The molecular formula is C16H24N2O3. The predicted molar refractivity (Wildman–Crippen MR) is 82.3 cm³/mol. The molecule has 2 amide bonds. The summed E-state index contributed by atoms with van der Waals surface area (Å²) in [6.07, 6.45) is 0.667. The first-order valence-electron chi connectivity index (χ1n) is 7.38. The number of aliphatic hydroxyl groups excluding tert-OH is 1. The van der Waals surface area contributed by atoms with Crippen LogP contribution in [-0.2, 0) is 0 Å². The number of nitrogens with one attached hydrogen (secondary N) is 1. The van der Waals surface area contributed by atoms with Crippen molar-refractivity contribution in [2.75, 3.05) is 19.7 Å². The fourth-order valence-electron chi connectivity index (χ4n) is 2.00. The summed E-state index contributed by atoms with van der Waals surface area (Å²) < 4.78 is 0. The normalized spacial score (nSPS) is 11.8. The Balaban J connectivity index is 2.78. The molecule has 0 heterocycles. The summed E-state index contributed by atoms with van der Waals surface area (Å²) in [5.41, 5.74) is 1.06. The van der Waals surface area contributed by atoms with Crippen LogP contribution in [0.2, 0.25) is 0 Å². The van der Waals surface area contributed by atoms with E-state index in [1.54, 1.807) is 29.2 Å². The Morgan fingerprint density at radius 3 is 2.05 bits per heavy atom. The lowest BCUT2D eigenvalue weighted by Crippen LogP contribution is -2.37. The molecule has 0 saturated heterocycles. The smallest absolute Gasteiger partial charge is 0.253 e. The summed E-state index contributed by atoms with van der Waals surface area (Å²) in [5, 5.41) is 11.8.